The van der Waals surface area contributed by atoms with E-state index < -0.39 is 17.7 Å². The molecule has 0 aromatic heterocycles. The highest BCUT2D eigenvalue weighted by atomic mass is 35.5. The van der Waals surface area contributed by atoms with Gasteiger partial charge in [0.15, 0.2) is 0 Å². The van der Waals surface area contributed by atoms with E-state index in [1.165, 1.54) is 36.4 Å². The van der Waals surface area contributed by atoms with Crippen molar-refractivity contribution in [2.24, 2.45) is 5.73 Å². The fourth-order valence-corrected chi connectivity index (χ4v) is 1.66. The molecular weight excluding hydrogens is 285 g/mol. The summed E-state index contributed by atoms with van der Waals surface area (Å²) >= 11 is 5.59. The quantitative estimate of drug-likeness (QED) is 0.699. The minimum absolute atomic E-state index is 0.175. The van der Waals surface area contributed by atoms with Crippen molar-refractivity contribution >= 4 is 23.5 Å². The molecule has 20 heavy (non-hydrogen) atoms. The summed E-state index contributed by atoms with van der Waals surface area (Å²) in [5.74, 6) is -2.04. The summed E-state index contributed by atoms with van der Waals surface area (Å²) in [5.41, 5.74) is 5.13. The lowest BCUT2D eigenvalue weighted by atomic mass is 10.2. The average Bonchev–Trinajstić information content (AvgIpc) is 2.39. The molecule has 0 fully saturated rings. The molecule has 0 aliphatic carbocycles. The third-order valence-corrected chi connectivity index (χ3v) is 2.74. The molecule has 0 radical (unpaired) electrons. The van der Waals surface area contributed by atoms with E-state index in [4.69, 9.17) is 22.1 Å². The number of primary amides is 1. The number of carbonyl (C=O) groups is 2. The number of benzene rings is 2. The molecule has 0 saturated heterocycles. The van der Waals surface area contributed by atoms with Crippen molar-refractivity contribution in [1.82, 2.24) is 0 Å². The standard InChI is InChI=1S/C14H9ClFNO3/c15-9-3-6-11(12(16)7-9)14(19)20-10-4-1-8(2-5-10)13(17)18/h1-7H,(H2,17,18). The van der Waals surface area contributed by atoms with E-state index >= 15 is 0 Å². The Balaban J connectivity index is 2.17. The Kier molecular flexibility index (Phi) is 4.00. The number of hydrogen-bond acceptors (Lipinski definition) is 3. The number of halogens is 2. The van der Waals surface area contributed by atoms with Crippen molar-refractivity contribution in [2.45, 2.75) is 0 Å². The zero-order valence-corrected chi connectivity index (χ0v) is 10.9. The maximum Gasteiger partial charge on any atom is 0.346 e. The Morgan fingerprint density at radius 3 is 2.30 bits per heavy atom. The molecule has 0 unspecified atom stereocenters. The van der Waals surface area contributed by atoms with Crippen molar-refractivity contribution in [3.05, 3.63) is 64.4 Å². The predicted molar refractivity (Wildman–Crippen MR) is 71.3 cm³/mol. The second-order valence-electron chi connectivity index (χ2n) is 3.90. The van der Waals surface area contributed by atoms with Gasteiger partial charge in [0.2, 0.25) is 5.91 Å². The van der Waals surface area contributed by atoms with Crippen LogP contribution in [0.2, 0.25) is 5.02 Å². The van der Waals surface area contributed by atoms with E-state index in [0.717, 1.165) is 6.07 Å². The van der Waals surface area contributed by atoms with Gasteiger partial charge in [0.25, 0.3) is 0 Å². The topological polar surface area (TPSA) is 69.4 Å². The summed E-state index contributed by atoms with van der Waals surface area (Å²) < 4.78 is 18.5. The van der Waals surface area contributed by atoms with E-state index in [0.29, 0.717) is 0 Å². The summed E-state index contributed by atoms with van der Waals surface area (Å²) in [6.07, 6.45) is 0. The third kappa shape index (κ3) is 3.13. The summed E-state index contributed by atoms with van der Waals surface area (Å²) in [7, 11) is 0. The smallest absolute Gasteiger partial charge is 0.346 e. The molecule has 0 atom stereocenters. The molecule has 0 spiro atoms. The van der Waals surface area contributed by atoms with Gasteiger partial charge in [-0.15, -0.1) is 0 Å². The molecule has 102 valence electrons. The van der Waals surface area contributed by atoms with Crippen LogP contribution in [-0.4, -0.2) is 11.9 Å². The van der Waals surface area contributed by atoms with Crippen molar-refractivity contribution in [3.8, 4) is 5.75 Å². The van der Waals surface area contributed by atoms with E-state index in [1.807, 2.05) is 0 Å². The number of esters is 1. The zero-order valence-electron chi connectivity index (χ0n) is 10.1. The molecule has 2 rings (SSSR count). The maximum absolute atomic E-state index is 13.5. The van der Waals surface area contributed by atoms with E-state index in [2.05, 4.69) is 0 Å². The fourth-order valence-electron chi connectivity index (χ4n) is 1.50. The second-order valence-corrected chi connectivity index (χ2v) is 4.34. The summed E-state index contributed by atoms with van der Waals surface area (Å²) in [6, 6.07) is 9.24. The zero-order chi connectivity index (χ0) is 14.7. The van der Waals surface area contributed by atoms with E-state index in [1.54, 1.807) is 0 Å². The van der Waals surface area contributed by atoms with Gasteiger partial charge in [0.05, 0.1) is 5.56 Å². The maximum atomic E-state index is 13.5. The largest absolute Gasteiger partial charge is 0.423 e. The average molecular weight is 294 g/mol. The van der Waals surface area contributed by atoms with Crippen LogP contribution < -0.4 is 10.5 Å². The van der Waals surface area contributed by atoms with Gasteiger partial charge < -0.3 is 10.5 Å². The van der Waals surface area contributed by atoms with Gasteiger partial charge in [0, 0.05) is 10.6 Å². The van der Waals surface area contributed by atoms with Crippen LogP contribution in [0.25, 0.3) is 0 Å². The molecule has 6 heteroatoms. The molecular formula is C14H9ClFNO3. The molecule has 2 aromatic carbocycles. The van der Waals surface area contributed by atoms with Gasteiger partial charge in [-0.2, -0.15) is 0 Å². The van der Waals surface area contributed by atoms with Gasteiger partial charge in [-0.3, -0.25) is 4.79 Å². The monoisotopic (exact) mass is 293 g/mol. The Morgan fingerprint density at radius 1 is 1.10 bits per heavy atom. The molecule has 2 aromatic rings. The SMILES string of the molecule is NC(=O)c1ccc(OC(=O)c2ccc(Cl)cc2F)cc1. The lowest BCUT2D eigenvalue weighted by molar-refractivity contribution is 0.0730. The van der Waals surface area contributed by atoms with Crippen LogP contribution in [0.15, 0.2) is 42.5 Å². The minimum atomic E-state index is -0.856. The first-order chi connectivity index (χ1) is 9.47. The Morgan fingerprint density at radius 2 is 1.75 bits per heavy atom. The highest BCUT2D eigenvalue weighted by Gasteiger charge is 2.14. The molecule has 2 N–H and O–H groups in total. The lowest BCUT2D eigenvalue weighted by Gasteiger charge is -2.05. The summed E-state index contributed by atoms with van der Waals surface area (Å²) in [4.78, 5) is 22.7. The molecule has 0 saturated carbocycles. The minimum Gasteiger partial charge on any atom is -0.423 e. The highest BCUT2D eigenvalue weighted by molar-refractivity contribution is 6.30. The van der Waals surface area contributed by atoms with Crippen molar-refractivity contribution < 1.29 is 18.7 Å². The van der Waals surface area contributed by atoms with Crippen LogP contribution in [0.1, 0.15) is 20.7 Å². The Bertz CT molecular complexity index is 671. The number of ether oxygens (including phenoxy) is 1. The van der Waals surface area contributed by atoms with Gasteiger partial charge in [0.1, 0.15) is 11.6 Å². The normalized spacial score (nSPS) is 10.1. The molecule has 0 bridgehead atoms. The second kappa shape index (κ2) is 5.71. The van der Waals surface area contributed by atoms with Crippen LogP contribution in [0, 0.1) is 5.82 Å². The summed E-state index contributed by atoms with van der Waals surface area (Å²) in [5, 5.41) is 0.185. The number of carbonyl (C=O) groups excluding carboxylic acids is 2. The molecule has 1 amide bonds. The first-order valence-electron chi connectivity index (χ1n) is 5.54. The van der Waals surface area contributed by atoms with Gasteiger partial charge in [-0.25, -0.2) is 9.18 Å². The van der Waals surface area contributed by atoms with Gasteiger partial charge in [-0.1, -0.05) is 11.6 Å². The van der Waals surface area contributed by atoms with E-state index in [-0.39, 0.29) is 21.9 Å². The first kappa shape index (κ1) is 14.0. The van der Waals surface area contributed by atoms with Crippen LogP contribution in [0.4, 0.5) is 4.39 Å². The van der Waals surface area contributed by atoms with Crippen LogP contribution in [-0.2, 0) is 0 Å². The van der Waals surface area contributed by atoms with Crippen LogP contribution >= 0.6 is 11.6 Å². The van der Waals surface area contributed by atoms with Crippen LogP contribution in [0.3, 0.4) is 0 Å². The van der Waals surface area contributed by atoms with Gasteiger partial charge in [-0.05, 0) is 42.5 Å². The molecule has 4 nitrogen and oxygen atoms in total. The van der Waals surface area contributed by atoms with E-state index in [9.17, 15) is 14.0 Å². The Labute approximate surface area is 118 Å². The number of rotatable bonds is 3. The fraction of sp³-hybridized carbons (Fsp3) is 0. The Hall–Kier alpha value is -2.40. The van der Waals surface area contributed by atoms with Crippen molar-refractivity contribution in [1.29, 1.82) is 0 Å². The van der Waals surface area contributed by atoms with Gasteiger partial charge >= 0.3 is 5.97 Å². The number of amides is 1. The highest BCUT2D eigenvalue weighted by Crippen LogP contribution is 2.18. The predicted octanol–water partition coefficient (Wildman–Crippen LogP) is 2.80. The number of nitrogens with two attached hydrogens (primary N) is 1. The van der Waals surface area contributed by atoms with Crippen LogP contribution in [0.5, 0.6) is 5.75 Å². The molecule has 0 aliphatic heterocycles. The van der Waals surface area contributed by atoms with Crippen molar-refractivity contribution in [2.75, 3.05) is 0 Å². The molecule has 0 heterocycles. The first-order valence-corrected chi connectivity index (χ1v) is 5.92. The van der Waals surface area contributed by atoms with Crippen molar-refractivity contribution in [3.63, 3.8) is 0 Å². The third-order valence-electron chi connectivity index (χ3n) is 2.50. The number of hydrogen-bond donors (Lipinski definition) is 1. The summed E-state index contributed by atoms with van der Waals surface area (Å²) in [6.45, 7) is 0. The molecule has 0 aliphatic rings. The lowest BCUT2D eigenvalue weighted by Crippen LogP contribution is -2.12.